The van der Waals surface area contributed by atoms with Gasteiger partial charge >= 0.3 is 6.03 Å². The van der Waals surface area contributed by atoms with Gasteiger partial charge in [0.05, 0.1) is 5.54 Å². The number of hydrogen-bond acceptors (Lipinski definition) is 2. The third-order valence-electron chi connectivity index (χ3n) is 3.18. The normalized spacial score (nSPS) is 21.9. The molecule has 1 heterocycles. The predicted octanol–water partition coefficient (Wildman–Crippen LogP) is 1.45. The Labute approximate surface area is 87.5 Å². The fraction of sp³-hybridized carbons (Fsp3) is 0.364. The molecule has 0 unspecified atom stereocenters. The Kier molecular flexibility index (Phi) is 1.52. The number of phenols is 1. The van der Waals surface area contributed by atoms with Gasteiger partial charge in [-0.15, -0.1) is 0 Å². The third kappa shape index (κ3) is 1.17. The second kappa shape index (κ2) is 2.66. The van der Waals surface area contributed by atoms with Crippen molar-refractivity contribution in [1.82, 2.24) is 5.32 Å². The highest BCUT2D eigenvalue weighted by Crippen LogP contribution is 2.46. The summed E-state index contributed by atoms with van der Waals surface area (Å²) in [7, 11) is 0. The van der Waals surface area contributed by atoms with Crippen molar-refractivity contribution in [2.45, 2.75) is 18.4 Å². The predicted molar refractivity (Wildman–Crippen MR) is 55.9 cm³/mol. The monoisotopic (exact) mass is 204 g/mol. The first-order chi connectivity index (χ1) is 7.21. The zero-order valence-corrected chi connectivity index (χ0v) is 8.23. The number of carbonyl (C=O) groups excluding carboxylic acids is 1. The Hall–Kier alpha value is -1.71. The minimum absolute atomic E-state index is 0.0219. The molecule has 0 atom stereocenters. The van der Waals surface area contributed by atoms with Gasteiger partial charge in [-0.1, -0.05) is 0 Å². The van der Waals surface area contributed by atoms with Crippen LogP contribution in [0.25, 0.3) is 0 Å². The Morgan fingerprint density at radius 3 is 2.53 bits per heavy atom. The zero-order valence-electron chi connectivity index (χ0n) is 8.23. The lowest BCUT2D eigenvalue weighted by Gasteiger charge is -2.22. The van der Waals surface area contributed by atoms with E-state index in [0.29, 0.717) is 0 Å². The molecule has 1 aromatic rings. The van der Waals surface area contributed by atoms with Gasteiger partial charge in [0, 0.05) is 12.2 Å². The molecule has 78 valence electrons. The number of anilines is 1. The van der Waals surface area contributed by atoms with Crippen molar-refractivity contribution in [3.05, 3.63) is 24.3 Å². The summed E-state index contributed by atoms with van der Waals surface area (Å²) in [4.78, 5) is 13.5. The van der Waals surface area contributed by atoms with Crippen LogP contribution >= 0.6 is 0 Å². The fourth-order valence-corrected chi connectivity index (χ4v) is 2.15. The lowest BCUT2D eigenvalue weighted by Crippen LogP contribution is -2.35. The zero-order chi connectivity index (χ0) is 10.5. The molecule has 4 heteroatoms. The van der Waals surface area contributed by atoms with E-state index < -0.39 is 0 Å². The molecule has 1 aliphatic heterocycles. The lowest BCUT2D eigenvalue weighted by atomic mass is 10.2. The molecule has 2 fully saturated rings. The van der Waals surface area contributed by atoms with Crippen molar-refractivity contribution >= 4 is 11.7 Å². The van der Waals surface area contributed by atoms with Crippen LogP contribution in [0.5, 0.6) is 5.75 Å². The number of urea groups is 1. The van der Waals surface area contributed by atoms with Crippen molar-refractivity contribution in [2.75, 3.05) is 11.4 Å². The highest BCUT2D eigenvalue weighted by atomic mass is 16.3. The Bertz CT molecular complexity index is 409. The summed E-state index contributed by atoms with van der Waals surface area (Å²) >= 11 is 0. The molecule has 4 nitrogen and oxygen atoms in total. The van der Waals surface area contributed by atoms with Crippen LogP contribution in [0.15, 0.2) is 24.3 Å². The first-order valence-electron chi connectivity index (χ1n) is 5.08. The molecule has 3 rings (SSSR count). The van der Waals surface area contributed by atoms with E-state index in [1.807, 2.05) is 4.90 Å². The maximum Gasteiger partial charge on any atom is 0.322 e. The molecule has 1 aromatic carbocycles. The summed E-state index contributed by atoms with van der Waals surface area (Å²) in [5.74, 6) is 0.225. The first-order valence-corrected chi connectivity index (χ1v) is 5.08. The molecule has 1 aliphatic carbocycles. The fourth-order valence-electron chi connectivity index (χ4n) is 2.15. The summed E-state index contributed by atoms with van der Waals surface area (Å²) in [5.41, 5.74) is 0.883. The van der Waals surface area contributed by atoms with Gasteiger partial charge in [0.15, 0.2) is 0 Å². The van der Waals surface area contributed by atoms with E-state index in [0.717, 1.165) is 25.1 Å². The average Bonchev–Trinajstić information content (AvgIpc) is 2.92. The molecule has 1 saturated carbocycles. The number of rotatable bonds is 1. The van der Waals surface area contributed by atoms with Crippen LogP contribution in [0.1, 0.15) is 12.8 Å². The third-order valence-corrected chi connectivity index (χ3v) is 3.18. The molecule has 1 saturated heterocycles. The van der Waals surface area contributed by atoms with Gasteiger partial charge < -0.3 is 10.4 Å². The second-order valence-electron chi connectivity index (χ2n) is 4.23. The molecule has 2 aliphatic rings. The van der Waals surface area contributed by atoms with Crippen molar-refractivity contribution in [2.24, 2.45) is 0 Å². The van der Waals surface area contributed by atoms with E-state index in [2.05, 4.69) is 5.32 Å². The van der Waals surface area contributed by atoms with Gasteiger partial charge in [0.25, 0.3) is 0 Å². The van der Waals surface area contributed by atoms with Crippen molar-refractivity contribution < 1.29 is 9.90 Å². The van der Waals surface area contributed by atoms with Gasteiger partial charge in [-0.2, -0.15) is 0 Å². The minimum Gasteiger partial charge on any atom is -0.508 e. The SMILES string of the molecule is O=C1NCC2(CC2)N1c1ccc(O)cc1. The molecular weight excluding hydrogens is 192 g/mol. The number of aromatic hydroxyl groups is 1. The molecule has 2 N–H and O–H groups in total. The minimum atomic E-state index is -0.0295. The molecule has 1 spiro atoms. The summed E-state index contributed by atoms with van der Waals surface area (Å²) in [6.45, 7) is 0.743. The number of phenolic OH excluding ortho intramolecular Hbond substituents is 1. The number of nitrogens with zero attached hydrogens (tertiary/aromatic N) is 1. The Balaban J connectivity index is 1.98. The lowest BCUT2D eigenvalue weighted by molar-refractivity contribution is 0.251. The number of nitrogens with one attached hydrogen (secondary N) is 1. The number of hydrogen-bond donors (Lipinski definition) is 2. The molecule has 2 amide bonds. The van der Waals surface area contributed by atoms with E-state index in [1.165, 1.54) is 0 Å². The van der Waals surface area contributed by atoms with E-state index in [9.17, 15) is 9.90 Å². The van der Waals surface area contributed by atoms with Crippen molar-refractivity contribution in [3.8, 4) is 5.75 Å². The molecule has 15 heavy (non-hydrogen) atoms. The smallest absolute Gasteiger partial charge is 0.322 e. The molecule has 0 bridgehead atoms. The highest BCUT2D eigenvalue weighted by molar-refractivity contribution is 5.97. The summed E-state index contributed by atoms with van der Waals surface area (Å²) in [6.07, 6.45) is 2.12. The van der Waals surface area contributed by atoms with Crippen LogP contribution in [0.2, 0.25) is 0 Å². The van der Waals surface area contributed by atoms with Gasteiger partial charge in [-0.3, -0.25) is 4.90 Å². The second-order valence-corrected chi connectivity index (χ2v) is 4.23. The number of carbonyl (C=O) groups is 1. The van der Waals surface area contributed by atoms with Crippen molar-refractivity contribution in [3.63, 3.8) is 0 Å². The van der Waals surface area contributed by atoms with E-state index in [1.54, 1.807) is 24.3 Å². The van der Waals surface area contributed by atoms with E-state index in [-0.39, 0.29) is 17.3 Å². The Morgan fingerprint density at radius 2 is 1.93 bits per heavy atom. The molecular formula is C11H12N2O2. The molecule has 0 aromatic heterocycles. The van der Waals surface area contributed by atoms with Gasteiger partial charge in [-0.05, 0) is 37.1 Å². The van der Waals surface area contributed by atoms with Crippen LogP contribution in [-0.4, -0.2) is 23.2 Å². The summed E-state index contributed by atoms with van der Waals surface area (Å²) in [6, 6.07) is 6.74. The summed E-state index contributed by atoms with van der Waals surface area (Å²) in [5, 5.41) is 12.1. The van der Waals surface area contributed by atoms with Gasteiger partial charge in [-0.25, -0.2) is 4.79 Å². The summed E-state index contributed by atoms with van der Waals surface area (Å²) < 4.78 is 0. The Morgan fingerprint density at radius 1 is 1.27 bits per heavy atom. The van der Waals surface area contributed by atoms with E-state index in [4.69, 9.17) is 0 Å². The van der Waals surface area contributed by atoms with Crippen molar-refractivity contribution in [1.29, 1.82) is 0 Å². The van der Waals surface area contributed by atoms with Crippen LogP contribution in [0.4, 0.5) is 10.5 Å². The quantitative estimate of drug-likeness (QED) is 0.727. The molecule has 0 radical (unpaired) electrons. The maximum atomic E-state index is 11.7. The number of benzene rings is 1. The van der Waals surface area contributed by atoms with Crippen LogP contribution in [0, 0.1) is 0 Å². The van der Waals surface area contributed by atoms with Crippen LogP contribution < -0.4 is 10.2 Å². The maximum absolute atomic E-state index is 11.7. The van der Waals surface area contributed by atoms with Crippen LogP contribution in [-0.2, 0) is 0 Å². The first kappa shape index (κ1) is 8.59. The highest BCUT2D eigenvalue weighted by Gasteiger charge is 2.55. The largest absolute Gasteiger partial charge is 0.508 e. The average molecular weight is 204 g/mol. The standard InChI is InChI=1S/C11H12N2O2/c14-9-3-1-8(2-4-9)13-10(15)12-7-11(13)5-6-11/h1-4,14H,5-7H2,(H,12,15). The van der Waals surface area contributed by atoms with Gasteiger partial charge in [0.1, 0.15) is 5.75 Å². The number of amides is 2. The van der Waals surface area contributed by atoms with Crippen LogP contribution in [0.3, 0.4) is 0 Å². The van der Waals surface area contributed by atoms with Gasteiger partial charge in [0.2, 0.25) is 0 Å². The topological polar surface area (TPSA) is 52.6 Å². The van der Waals surface area contributed by atoms with E-state index >= 15 is 0 Å².